The number of carboxylic acid groups (broad SMARTS) is 1. The molecule has 2 amide bonds. The lowest BCUT2D eigenvalue weighted by atomic mass is 10.1. The Labute approximate surface area is 218 Å². The second kappa shape index (κ2) is 11.9. The number of aliphatic carboxylic acids is 1. The van der Waals surface area contributed by atoms with E-state index in [0.717, 1.165) is 0 Å². The summed E-state index contributed by atoms with van der Waals surface area (Å²) < 4.78 is 16.0. The van der Waals surface area contributed by atoms with Crippen LogP contribution >= 0.6 is 15.9 Å². The van der Waals surface area contributed by atoms with Gasteiger partial charge in [0.15, 0.2) is 0 Å². The summed E-state index contributed by atoms with van der Waals surface area (Å²) in [5, 5.41) is 13.1. The largest absolute Gasteiger partial charge is 0.514 e. The Morgan fingerprint density at radius 1 is 1.17 bits per heavy atom. The number of halogens is 1. The summed E-state index contributed by atoms with van der Waals surface area (Å²) in [7, 11) is 0. The fourth-order valence-electron chi connectivity index (χ4n) is 3.23. The van der Waals surface area contributed by atoms with Crippen LogP contribution < -0.4 is 15.5 Å². The zero-order valence-corrected chi connectivity index (χ0v) is 22.8. The minimum Gasteiger partial charge on any atom is -0.480 e. The minimum absolute atomic E-state index is 0.0991. The second-order valence-electron chi connectivity index (χ2n) is 10.2. The van der Waals surface area contributed by atoms with Crippen molar-refractivity contribution in [1.29, 1.82) is 0 Å². The van der Waals surface area contributed by atoms with Crippen molar-refractivity contribution >= 4 is 40.1 Å². The van der Waals surface area contributed by atoms with Crippen LogP contribution in [0, 0.1) is 0 Å². The molecule has 0 aromatic carbocycles. The SMILES string of the molecule is CC(C)(C)OC(=O)N[C@@H](Cc1cc(OC(=O)OC(C)(C)C)cc(Br)n1)C(=O)N1CCC[C@@H](C(=O)O)N1. The molecule has 0 aliphatic carbocycles. The Balaban J connectivity index is 2.27. The Kier molecular flexibility index (Phi) is 9.66. The molecular weight excluding hydrogens is 540 g/mol. The molecule has 200 valence electrons. The summed E-state index contributed by atoms with van der Waals surface area (Å²) in [5.41, 5.74) is 1.43. The average Bonchev–Trinajstić information content (AvgIpc) is 2.69. The van der Waals surface area contributed by atoms with Gasteiger partial charge in [-0.25, -0.2) is 20.0 Å². The lowest BCUT2D eigenvalue weighted by molar-refractivity contribution is -0.147. The molecule has 1 fully saturated rings. The molecule has 0 bridgehead atoms. The third-order valence-corrected chi connectivity index (χ3v) is 4.97. The highest BCUT2D eigenvalue weighted by Crippen LogP contribution is 2.22. The van der Waals surface area contributed by atoms with E-state index < -0.39 is 47.4 Å². The van der Waals surface area contributed by atoms with E-state index in [1.54, 1.807) is 41.5 Å². The fourth-order valence-corrected chi connectivity index (χ4v) is 3.68. The highest BCUT2D eigenvalue weighted by atomic mass is 79.9. The van der Waals surface area contributed by atoms with Crippen molar-refractivity contribution in [3.8, 4) is 5.75 Å². The Hall–Kier alpha value is -2.93. The molecule has 2 rings (SSSR count). The molecule has 3 N–H and O–H groups in total. The molecule has 36 heavy (non-hydrogen) atoms. The van der Waals surface area contributed by atoms with E-state index in [1.165, 1.54) is 17.1 Å². The lowest BCUT2D eigenvalue weighted by Gasteiger charge is -2.34. The van der Waals surface area contributed by atoms with Crippen molar-refractivity contribution in [2.45, 2.75) is 84.1 Å². The number of rotatable bonds is 6. The van der Waals surface area contributed by atoms with Crippen molar-refractivity contribution in [3.63, 3.8) is 0 Å². The maximum atomic E-state index is 13.3. The Morgan fingerprint density at radius 3 is 2.39 bits per heavy atom. The van der Waals surface area contributed by atoms with Crippen LogP contribution in [0.4, 0.5) is 9.59 Å². The number of ether oxygens (including phenoxy) is 3. The number of amides is 2. The van der Waals surface area contributed by atoms with Crippen LogP contribution in [0.15, 0.2) is 16.7 Å². The molecule has 13 heteroatoms. The molecule has 0 unspecified atom stereocenters. The van der Waals surface area contributed by atoms with Gasteiger partial charge >= 0.3 is 18.2 Å². The number of carbonyl (C=O) groups excluding carboxylic acids is 3. The van der Waals surface area contributed by atoms with Crippen molar-refractivity contribution in [1.82, 2.24) is 20.7 Å². The van der Waals surface area contributed by atoms with Gasteiger partial charge in [0.2, 0.25) is 0 Å². The van der Waals surface area contributed by atoms with Gasteiger partial charge in [0.05, 0.1) is 0 Å². The molecule has 1 aliphatic rings. The van der Waals surface area contributed by atoms with E-state index in [9.17, 15) is 24.3 Å². The molecular formula is C23H33BrN4O8. The maximum Gasteiger partial charge on any atom is 0.514 e. The van der Waals surface area contributed by atoms with Crippen molar-refractivity contribution in [2.24, 2.45) is 0 Å². The summed E-state index contributed by atoms with van der Waals surface area (Å²) in [6.07, 6.45) is -1.01. The number of pyridine rings is 1. The van der Waals surface area contributed by atoms with Crippen LogP contribution in [0.1, 0.15) is 60.1 Å². The van der Waals surface area contributed by atoms with Gasteiger partial charge in [0, 0.05) is 30.8 Å². The number of hydrogen-bond acceptors (Lipinski definition) is 9. The number of nitrogens with one attached hydrogen (secondary N) is 2. The quantitative estimate of drug-likeness (QED) is 0.341. The van der Waals surface area contributed by atoms with Gasteiger partial charge in [-0.15, -0.1) is 0 Å². The van der Waals surface area contributed by atoms with E-state index >= 15 is 0 Å². The molecule has 12 nitrogen and oxygen atoms in total. The number of carbonyl (C=O) groups is 4. The summed E-state index contributed by atoms with van der Waals surface area (Å²) in [6.45, 7) is 10.4. The van der Waals surface area contributed by atoms with Gasteiger partial charge in [-0.05, 0) is 70.3 Å². The lowest BCUT2D eigenvalue weighted by Crippen LogP contribution is -2.60. The highest BCUT2D eigenvalue weighted by Gasteiger charge is 2.33. The normalized spacial score (nSPS) is 17.1. The van der Waals surface area contributed by atoms with E-state index in [-0.39, 0.29) is 18.7 Å². The zero-order chi connectivity index (χ0) is 27.3. The van der Waals surface area contributed by atoms with Crippen LogP contribution in [-0.4, -0.2) is 69.1 Å². The molecule has 1 saturated heterocycles. The van der Waals surface area contributed by atoms with Crippen molar-refractivity contribution in [2.75, 3.05) is 6.54 Å². The van der Waals surface area contributed by atoms with E-state index in [1.807, 2.05) is 0 Å². The summed E-state index contributed by atoms with van der Waals surface area (Å²) in [5.74, 6) is -1.53. The number of alkyl carbamates (subject to hydrolysis) is 1. The summed E-state index contributed by atoms with van der Waals surface area (Å²) >= 11 is 3.25. The van der Waals surface area contributed by atoms with E-state index in [0.29, 0.717) is 23.1 Å². The second-order valence-corrected chi connectivity index (χ2v) is 11.1. The topological polar surface area (TPSA) is 156 Å². The smallest absolute Gasteiger partial charge is 0.480 e. The first-order valence-electron chi connectivity index (χ1n) is 11.4. The molecule has 0 saturated carbocycles. The van der Waals surface area contributed by atoms with Gasteiger partial charge < -0.3 is 24.6 Å². The number of hydrazine groups is 1. The van der Waals surface area contributed by atoms with Crippen LogP contribution in [0.3, 0.4) is 0 Å². The maximum absolute atomic E-state index is 13.3. The van der Waals surface area contributed by atoms with Gasteiger partial charge in [-0.3, -0.25) is 14.6 Å². The molecule has 0 spiro atoms. The summed E-state index contributed by atoms with van der Waals surface area (Å²) in [6, 6.07) is 0.809. The van der Waals surface area contributed by atoms with Gasteiger partial charge in [-0.2, -0.15) is 0 Å². The monoisotopic (exact) mass is 572 g/mol. The highest BCUT2D eigenvalue weighted by molar-refractivity contribution is 9.10. The third-order valence-electron chi connectivity index (χ3n) is 4.56. The van der Waals surface area contributed by atoms with Crippen LogP contribution in [0.5, 0.6) is 5.75 Å². The van der Waals surface area contributed by atoms with Crippen LogP contribution in [-0.2, 0) is 25.5 Å². The average molecular weight is 573 g/mol. The number of aromatic nitrogens is 1. The van der Waals surface area contributed by atoms with Gasteiger partial charge in [0.25, 0.3) is 5.91 Å². The van der Waals surface area contributed by atoms with Crippen molar-refractivity contribution < 1.29 is 38.5 Å². The Morgan fingerprint density at radius 2 is 1.81 bits per heavy atom. The first kappa shape index (κ1) is 29.3. The van der Waals surface area contributed by atoms with Crippen LogP contribution in [0.25, 0.3) is 0 Å². The van der Waals surface area contributed by atoms with Crippen molar-refractivity contribution in [3.05, 3.63) is 22.4 Å². The predicted molar refractivity (Wildman–Crippen MR) is 131 cm³/mol. The first-order valence-corrected chi connectivity index (χ1v) is 12.2. The molecule has 2 atom stereocenters. The van der Waals surface area contributed by atoms with Gasteiger partial charge in [-0.1, -0.05) is 0 Å². The molecule has 1 aromatic rings. The van der Waals surface area contributed by atoms with Gasteiger partial charge in [0.1, 0.15) is 33.6 Å². The van der Waals surface area contributed by atoms with Crippen LogP contribution in [0.2, 0.25) is 0 Å². The summed E-state index contributed by atoms with van der Waals surface area (Å²) in [4.78, 5) is 53.6. The standard InChI is InChI=1S/C23H33BrN4O8/c1-22(2,3)35-20(32)26-16(18(29)28-9-7-8-15(27-28)19(30)31)11-13-10-14(12-17(24)25-13)34-21(33)36-23(4,5)6/h10,12,15-16,27H,7-9,11H2,1-6H3,(H,26,32)(H,30,31)/t15-,16-/m0/s1. The molecule has 1 aromatic heterocycles. The number of carboxylic acids is 1. The first-order chi connectivity index (χ1) is 16.5. The molecule has 0 radical (unpaired) electrons. The third kappa shape index (κ3) is 9.97. The molecule has 2 heterocycles. The number of nitrogens with zero attached hydrogens (tertiary/aromatic N) is 2. The van der Waals surface area contributed by atoms with E-state index in [2.05, 4.69) is 31.7 Å². The predicted octanol–water partition coefficient (Wildman–Crippen LogP) is 3.17. The molecule has 1 aliphatic heterocycles. The minimum atomic E-state index is -1.16. The zero-order valence-electron chi connectivity index (χ0n) is 21.2. The number of hydrogen-bond donors (Lipinski definition) is 3. The Bertz CT molecular complexity index is 989. The van der Waals surface area contributed by atoms with E-state index in [4.69, 9.17) is 14.2 Å². The fraction of sp³-hybridized carbons (Fsp3) is 0.609.